The van der Waals surface area contributed by atoms with Crippen LogP contribution in [0.15, 0.2) is 6.33 Å². The molecule has 2 fully saturated rings. The Morgan fingerprint density at radius 1 is 1.28 bits per heavy atom. The lowest BCUT2D eigenvalue weighted by Crippen LogP contribution is -2.41. The number of ether oxygens (including phenoxy) is 1. The van der Waals surface area contributed by atoms with Crippen LogP contribution in [0.2, 0.25) is 0 Å². The molecule has 7 heteroatoms. The number of hydrogen-bond donors (Lipinski definition) is 1. The summed E-state index contributed by atoms with van der Waals surface area (Å²) in [7, 11) is 0. The summed E-state index contributed by atoms with van der Waals surface area (Å²) in [6.07, 6.45) is 8.56. The van der Waals surface area contributed by atoms with Crippen molar-refractivity contribution in [3.05, 3.63) is 12.0 Å². The van der Waals surface area contributed by atoms with Gasteiger partial charge in [0.25, 0.3) is 0 Å². The van der Waals surface area contributed by atoms with Crippen LogP contribution in [-0.2, 0) is 17.7 Å². The van der Waals surface area contributed by atoms with Gasteiger partial charge in [0.05, 0.1) is 23.8 Å². The number of hydrogen-bond acceptors (Lipinski definition) is 6. The van der Waals surface area contributed by atoms with Gasteiger partial charge in [-0.2, -0.15) is 5.10 Å². The average molecular weight is 401 g/mol. The third-order valence-electron chi connectivity index (χ3n) is 6.58. The molecule has 2 aliphatic heterocycles. The number of nitrogens with two attached hydrogens (primary N) is 1. The van der Waals surface area contributed by atoms with E-state index in [4.69, 9.17) is 20.6 Å². The zero-order chi connectivity index (χ0) is 20.4. The first kappa shape index (κ1) is 20.5. The van der Waals surface area contributed by atoms with Gasteiger partial charge in [0.1, 0.15) is 12.1 Å². The van der Waals surface area contributed by atoms with Crippen LogP contribution in [0.3, 0.4) is 0 Å². The lowest BCUT2D eigenvalue weighted by Gasteiger charge is -2.39. The summed E-state index contributed by atoms with van der Waals surface area (Å²) >= 11 is 0. The minimum atomic E-state index is 0.238. The molecule has 2 aromatic rings. The Bertz CT molecular complexity index is 824. The monoisotopic (exact) mass is 400 g/mol. The molecule has 0 radical (unpaired) electrons. The van der Waals surface area contributed by atoms with Crippen LogP contribution >= 0.6 is 0 Å². The maximum atomic E-state index is 5.93. The molecular weight excluding hydrogens is 364 g/mol. The molecule has 1 spiro atoms. The van der Waals surface area contributed by atoms with Crippen molar-refractivity contribution in [3.8, 4) is 0 Å². The van der Waals surface area contributed by atoms with Gasteiger partial charge < -0.3 is 15.4 Å². The lowest BCUT2D eigenvalue weighted by molar-refractivity contribution is 0.0926. The topological polar surface area (TPSA) is 82.1 Å². The fourth-order valence-electron chi connectivity index (χ4n) is 4.89. The number of nitrogens with zero attached hydrogens (tertiary/aromatic N) is 5. The molecule has 0 aromatic carbocycles. The van der Waals surface area contributed by atoms with Crippen LogP contribution in [0, 0.1) is 11.3 Å². The van der Waals surface area contributed by atoms with Gasteiger partial charge in [-0.1, -0.05) is 27.2 Å². The van der Waals surface area contributed by atoms with Crippen molar-refractivity contribution < 1.29 is 4.74 Å². The molecule has 2 saturated heterocycles. The summed E-state index contributed by atoms with van der Waals surface area (Å²) in [5.41, 5.74) is 8.28. The van der Waals surface area contributed by atoms with Gasteiger partial charge in [0.2, 0.25) is 0 Å². The maximum Gasteiger partial charge on any atom is 0.163 e. The summed E-state index contributed by atoms with van der Waals surface area (Å²) in [5.74, 6) is 1.62. The Kier molecular flexibility index (Phi) is 6.06. The SMILES string of the molecule is CCCCn1nc(CC(C)C)c2c(N3CCC4(CC3)COC(CN)C4)ncnc21. The van der Waals surface area contributed by atoms with E-state index in [0.717, 1.165) is 87.3 Å². The molecule has 7 nitrogen and oxygen atoms in total. The number of rotatable bonds is 7. The van der Waals surface area contributed by atoms with Crippen molar-refractivity contribution in [1.82, 2.24) is 19.7 Å². The van der Waals surface area contributed by atoms with Gasteiger partial charge in [0.15, 0.2) is 5.65 Å². The highest BCUT2D eigenvalue weighted by Gasteiger charge is 2.42. The number of unbranched alkanes of at least 4 members (excludes halogenated alkanes) is 1. The number of aromatic nitrogens is 4. The van der Waals surface area contributed by atoms with Gasteiger partial charge in [0, 0.05) is 26.2 Å². The van der Waals surface area contributed by atoms with Crippen LogP contribution in [0.5, 0.6) is 0 Å². The molecule has 1 unspecified atom stereocenters. The molecule has 2 aromatic heterocycles. The predicted molar refractivity (Wildman–Crippen MR) is 116 cm³/mol. The zero-order valence-corrected chi connectivity index (χ0v) is 18.2. The number of aryl methyl sites for hydroxylation is 1. The standard InChI is InChI=1S/C22H36N6O/c1-4-5-8-28-21-19(18(26-28)11-16(2)3)20(24-15-25-21)27-9-6-22(7-10-27)12-17(13-23)29-14-22/h15-17H,4-14,23H2,1-3H3. The van der Waals surface area contributed by atoms with Crippen molar-refractivity contribution in [2.24, 2.45) is 17.1 Å². The summed E-state index contributed by atoms with van der Waals surface area (Å²) in [6, 6.07) is 0. The smallest absolute Gasteiger partial charge is 0.163 e. The summed E-state index contributed by atoms with van der Waals surface area (Å²) < 4.78 is 8.03. The van der Waals surface area contributed by atoms with Gasteiger partial charge in [-0.05, 0) is 43.4 Å². The number of anilines is 1. The largest absolute Gasteiger partial charge is 0.376 e. The lowest BCUT2D eigenvalue weighted by atomic mass is 9.76. The highest BCUT2D eigenvalue weighted by Crippen LogP contribution is 2.43. The van der Waals surface area contributed by atoms with Crippen molar-refractivity contribution in [3.63, 3.8) is 0 Å². The maximum absolute atomic E-state index is 5.93. The van der Waals surface area contributed by atoms with Crippen molar-refractivity contribution >= 4 is 16.9 Å². The van der Waals surface area contributed by atoms with E-state index in [-0.39, 0.29) is 6.10 Å². The van der Waals surface area contributed by atoms with E-state index in [0.29, 0.717) is 17.9 Å². The van der Waals surface area contributed by atoms with E-state index in [1.165, 1.54) is 0 Å². The molecule has 0 saturated carbocycles. The number of fused-ring (bicyclic) bond motifs is 1. The molecule has 2 N–H and O–H groups in total. The molecule has 29 heavy (non-hydrogen) atoms. The number of piperidine rings is 1. The second-order valence-electron chi connectivity index (χ2n) is 9.38. The second kappa shape index (κ2) is 8.56. The average Bonchev–Trinajstić information content (AvgIpc) is 3.28. The van der Waals surface area contributed by atoms with Crippen LogP contribution < -0.4 is 10.6 Å². The van der Waals surface area contributed by atoms with Gasteiger partial charge in [-0.3, -0.25) is 0 Å². The minimum Gasteiger partial charge on any atom is -0.376 e. The van der Waals surface area contributed by atoms with E-state index in [9.17, 15) is 0 Å². The first-order valence-electron chi connectivity index (χ1n) is 11.3. The molecule has 0 aliphatic carbocycles. The van der Waals surface area contributed by atoms with Gasteiger partial charge in [-0.15, -0.1) is 0 Å². The van der Waals surface area contributed by atoms with Crippen LogP contribution in [-0.4, -0.2) is 52.1 Å². The zero-order valence-electron chi connectivity index (χ0n) is 18.2. The van der Waals surface area contributed by atoms with Gasteiger partial charge >= 0.3 is 0 Å². The molecule has 0 amide bonds. The third kappa shape index (κ3) is 4.12. The molecule has 4 rings (SSSR count). The molecular formula is C22H36N6O. The second-order valence-corrected chi connectivity index (χ2v) is 9.38. The Balaban J connectivity index is 1.61. The van der Waals surface area contributed by atoms with E-state index in [1.54, 1.807) is 6.33 Å². The van der Waals surface area contributed by atoms with E-state index in [2.05, 4.69) is 35.3 Å². The molecule has 160 valence electrons. The molecule has 1 atom stereocenters. The molecule has 2 aliphatic rings. The van der Waals surface area contributed by atoms with E-state index >= 15 is 0 Å². The highest BCUT2D eigenvalue weighted by atomic mass is 16.5. The van der Waals surface area contributed by atoms with Crippen LogP contribution in [0.4, 0.5) is 5.82 Å². The Morgan fingerprint density at radius 2 is 2.07 bits per heavy atom. The normalized spacial score (nSPS) is 21.7. The predicted octanol–water partition coefficient (Wildman–Crippen LogP) is 3.16. The summed E-state index contributed by atoms with van der Waals surface area (Å²) in [4.78, 5) is 11.8. The van der Waals surface area contributed by atoms with E-state index < -0.39 is 0 Å². The summed E-state index contributed by atoms with van der Waals surface area (Å²) in [6.45, 7) is 11.1. The first-order chi connectivity index (χ1) is 14.0. The fraction of sp³-hybridized carbons (Fsp3) is 0.773. The Morgan fingerprint density at radius 3 is 2.72 bits per heavy atom. The molecule has 4 heterocycles. The van der Waals surface area contributed by atoms with Crippen LogP contribution in [0.1, 0.15) is 58.6 Å². The Hall–Kier alpha value is -1.73. The highest BCUT2D eigenvalue weighted by molar-refractivity contribution is 5.90. The van der Waals surface area contributed by atoms with E-state index in [1.807, 2.05) is 0 Å². The van der Waals surface area contributed by atoms with Crippen molar-refractivity contribution in [2.45, 2.75) is 71.9 Å². The van der Waals surface area contributed by atoms with Crippen LogP contribution in [0.25, 0.3) is 11.0 Å². The minimum absolute atomic E-state index is 0.238. The van der Waals surface area contributed by atoms with Crippen molar-refractivity contribution in [2.75, 3.05) is 31.1 Å². The van der Waals surface area contributed by atoms with Gasteiger partial charge in [-0.25, -0.2) is 14.6 Å². The fourth-order valence-corrected chi connectivity index (χ4v) is 4.89. The first-order valence-corrected chi connectivity index (χ1v) is 11.3. The third-order valence-corrected chi connectivity index (χ3v) is 6.58. The quantitative estimate of drug-likeness (QED) is 0.769. The Labute approximate surface area is 174 Å². The molecule has 0 bridgehead atoms. The van der Waals surface area contributed by atoms with Crippen molar-refractivity contribution in [1.29, 1.82) is 0 Å². The summed E-state index contributed by atoms with van der Waals surface area (Å²) in [5, 5.41) is 6.13.